The van der Waals surface area contributed by atoms with Gasteiger partial charge in [0, 0.05) is 19.7 Å². The molecule has 0 spiro atoms. The number of hydrogen-bond acceptors (Lipinski definition) is 4. The summed E-state index contributed by atoms with van der Waals surface area (Å²) in [5.41, 5.74) is 4.23. The largest absolute Gasteiger partial charge is 0.319 e. The first kappa shape index (κ1) is 22.0. The Balaban J connectivity index is 1.65. The van der Waals surface area contributed by atoms with E-state index < -0.39 is 15.9 Å². The smallest absolute Gasteiger partial charge is 0.279 e. The Bertz CT molecular complexity index is 1480. The van der Waals surface area contributed by atoms with Crippen LogP contribution >= 0.6 is 11.3 Å². The molecular formula is C24H23N3O3S2. The summed E-state index contributed by atoms with van der Waals surface area (Å²) in [6.07, 6.45) is 0. The molecule has 4 aromatic rings. The Morgan fingerprint density at radius 2 is 1.66 bits per heavy atom. The maximum absolute atomic E-state index is 12.9. The molecule has 0 fully saturated rings. The minimum Gasteiger partial charge on any atom is -0.319 e. The normalized spacial score (nSPS) is 12.3. The third-order valence-corrected chi connectivity index (χ3v) is 8.19. The van der Waals surface area contributed by atoms with Crippen molar-refractivity contribution in [1.29, 1.82) is 0 Å². The number of rotatable bonds is 4. The highest BCUT2D eigenvalue weighted by Crippen LogP contribution is 2.23. The highest BCUT2D eigenvalue weighted by Gasteiger charge is 2.21. The van der Waals surface area contributed by atoms with Gasteiger partial charge in [0.05, 0.1) is 20.8 Å². The quantitative estimate of drug-likeness (QED) is 0.448. The lowest BCUT2D eigenvalue weighted by Crippen LogP contribution is -2.26. The summed E-state index contributed by atoms with van der Waals surface area (Å²) in [5.74, 6) is -0.415. The molecule has 0 N–H and O–H groups in total. The van der Waals surface area contributed by atoms with Crippen molar-refractivity contribution >= 4 is 43.2 Å². The van der Waals surface area contributed by atoms with Crippen LogP contribution in [0.4, 0.5) is 5.69 Å². The van der Waals surface area contributed by atoms with Crippen LogP contribution in [0.3, 0.4) is 0 Å². The van der Waals surface area contributed by atoms with Crippen molar-refractivity contribution in [2.45, 2.75) is 18.7 Å². The van der Waals surface area contributed by atoms with E-state index in [2.05, 4.69) is 17.1 Å². The first-order valence-corrected chi connectivity index (χ1v) is 12.2. The number of aryl methyl sites for hydroxylation is 3. The molecule has 8 heteroatoms. The van der Waals surface area contributed by atoms with Gasteiger partial charge in [-0.05, 0) is 67.4 Å². The first-order chi connectivity index (χ1) is 15.2. The van der Waals surface area contributed by atoms with Gasteiger partial charge in [0.2, 0.25) is 0 Å². The second-order valence-corrected chi connectivity index (χ2v) is 10.6. The van der Waals surface area contributed by atoms with Gasteiger partial charge in [-0.25, -0.2) is 8.42 Å². The SMILES string of the molecule is Cc1cc(C)c2c(c1)sc(=NC(=O)c1ccc(S(=O)(=O)N(C)c3ccccc3)cc1)n2C. The summed E-state index contributed by atoms with van der Waals surface area (Å²) in [4.78, 5) is 17.8. The molecule has 0 atom stereocenters. The van der Waals surface area contributed by atoms with E-state index in [9.17, 15) is 13.2 Å². The number of carbonyl (C=O) groups excluding carboxylic acids is 1. The van der Waals surface area contributed by atoms with Crippen LogP contribution in [0.15, 0.2) is 76.6 Å². The number of aromatic nitrogens is 1. The van der Waals surface area contributed by atoms with Gasteiger partial charge < -0.3 is 4.57 Å². The maximum atomic E-state index is 12.9. The molecule has 0 radical (unpaired) electrons. The molecule has 0 saturated heterocycles. The summed E-state index contributed by atoms with van der Waals surface area (Å²) in [6, 6.07) is 18.9. The number of fused-ring (bicyclic) bond motifs is 1. The highest BCUT2D eigenvalue weighted by atomic mass is 32.2. The molecule has 4 rings (SSSR count). The van der Waals surface area contributed by atoms with E-state index in [0.29, 0.717) is 16.1 Å². The topological polar surface area (TPSA) is 71.7 Å². The summed E-state index contributed by atoms with van der Waals surface area (Å²) in [6.45, 7) is 4.08. The second-order valence-electron chi connectivity index (χ2n) is 7.62. The van der Waals surface area contributed by atoms with Crippen molar-refractivity contribution in [3.63, 3.8) is 0 Å². The Morgan fingerprint density at radius 3 is 2.31 bits per heavy atom. The fourth-order valence-corrected chi connectivity index (χ4v) is 6.03. The van der Waals surface area contributed by atoms with Crippen LogP contribution in [-0.4, -0.2) is 25.9 Å². The van der Waals surface area contributed by atoms with Crippen LogP contribution in [0.1, 0.15) is 21.5 Å². The summed E-state index contributed by atoms with van der Waals surface area (Å²) < 4.78 is 30.1. The van der Waals surface area contributed by atoms with Gasteiger partial charge in [0.1, 0.15) is 0 Å². The molecular weight excluding hydrogens is 442 g/mol. The highest BCUT2D eigenvalue weighted by molar-refractivity contribution is 7.92. The number of thiazole rings is 1. The molecule has 0 aliphatic heterocycles. The van der Waals surface area contributed by atoms with Crippen LogP contribution < -0.4 is 9.11 Å². The van der Waals surface area contributed by atoms with Crippen LogP contribution in [0.25, 0.3) is 10.2 Å². The number of carbonyl (C=O) groups is 1. The van der Waals surface area contributed by atoms with Gasteiger partial charge in [-0.3, -0.25) is 9.10 Å². The number of para-hydroxylation sites is 1. The molecule has 1 heterocycles. The number of hydrogen-bond donors (Lipinski definition) is 0. The lowest BCUT2D eigenvalue weighted by molar-refractivity contribution is 0.0998. The lowest BCUT2D eigenvalue weighted by atomic mass is 10.1. The predicted molar refractivity (Wildman–Crippen MR) is 129 cm³/mol. The van der Waals surface area contributed by atoms with E-state index in [1.165, 1.54) is 47.0 Å². The van der Waals surface area contributed by atoms with E-state index >= 15 is 0 Å². The number of amides is 1. The zero-order chi connectivity index (χ0) is 23.0. The van der Waals surface area contributed by atoms with Crippen LogP contribution in [0.2, 0.25) is 0 Å². The standard InChI is InChI=1S/C24H23N3O3S2/c1-16-14-17(2)22-21(15-16)31-24(26(22)3)25-23(28)18-10-12-20(13-11-18)32(29,30)27(4)19-8-6-5-7-9-19/h5-15H,1-4H3. The number of nitrogens with zero attached hydrogens (tertiary/aromatic N) is 3. The van der Waals surface area contributed by atoms with E-state index in [1.807, 2.05) is 31.5 Å². The lowest BCUT2D eigenvalue weighted by Gasteiger charge is -2.19. The van der Waals surface area contributed by atoms with Crippen LogP contribution in [0.5, 0.6) is 0 Å². The van der Waals surface area contributed by atoms with Gasteiger partial charge in [-0.1, -0.05) is 35.6 Å². The average molecular weight is 466 g/mol. The molecule has 1 amide bonds. The molecule has 0 saturated carbocycles. The van der Waals surface area contributed by atoms with Gasteiger partial charge in [-0.15, -0.1) is 0 Å². The fourth-order valence-electron chi connectivity index (χ4n) is 3.64. The average Bonchev–Trinajstić information content (AvgIpc) is 3.08. The van der Waals surface area contributed by atoms with Crippen molar-refractivity contribution in [3.8, 4) is 0 Å². The van der Waals surface area contributed by atoms with Crippen molar-refractivity contribution in [2.24, 2.45) is 12.0 Å². The third-order valence-electron chi connectivity index (χ3n) is 5.31. The third kappa shape index (κ3) is 3.99. The molecule has 164 valence electrons. The van der Waals surface area contributed by atoms with Crippen molar-refractivity contribution in [3.05, 3.63) is 88.2 Å². The van der Waals surface area contributed by atoms with Crippen molar-refractivity contribution in [2.75, 3.05) is 11.4 Å². The maximum Gasteiger partial charge on any atom is 0.279 e. The molecule has 6 nitrogen and oxygen atoms in total. The number of anilines is 1. The second kappa shape index (κ2) is 8.37. The molecule has 3 aromatic carbocycles. The molecule has 0 bridgehead atoms. The van der Waals surface area contributed by atoms with Crippen molar-refractivity contribution < 1.29 is 13.2 Å². The van der Waals surface area contributed by atoms with E-state index in [-0.39, 0.29) is 4.90 Å². The van der Waals surface area contributed by atoms with Crippen LogP contribution in [0, 0.1) is 13.8 Å². The van der Waals surface area contributed by atoms with Gasteiger partial charge in [0.15, 0.2) is 4.80 Å². The Labute approximate surface area is 191 Å². The van der Waals surface area contributed by atoms with E-state index in [1.54, 1.807) is 24.3 Å². The van der Waals surface area contributed by atoms with Crippen molar-refractivity contribution in [1.82, 2.24) is 4.57 Å². The molecule has 1 aromatic heterocycles. The summed E-state index contributed by atoms with van der Waals surface area (Å²) in [5, 5.41) is 0. The minimum atomic E-state index is -3.74. The Morgan fingerprint density at radius 1 is 1.00 bits per heavy atom. The Kier molecular flexibility index (Phi) is 5.75. The Hall–Kier alpha value is -3.23. The summed E-state index contributed by atoms with van der Waals surface area (Å²) >= 11 is 1.46. The predicted octanol–water partition coefficient (Wildman–Crippen LogP) is 4.42. The molecule has 0 aliphatic rings. The molecule has 0 unspecified atom stereocenters. The first-order valence-electron chi connectivity index (χ1n) is 9.98. The fraction of sp³-hybridized carbons (Fsp3) is 0.167. The number of benzene rings is 3. The van der Waals surface area contributed by atoms with Gasteiger partial charge in [0.25, 0.3) is 15.9 Å². The number of sulfonamides is 1. The van der Waals surface area contributed by atoms with Gasteiger partial charge >= 0.3 is 0 Å². The van der Waals surface area contributed by atoms with E-state index in [0.717, 1.165) is 21.3 Å². The van der Waals surface area contributed by atoms with Gasteiger partial charge in [-0.2, -0.15) is 4.99 Å². The van der Waals surface area contributed by atoms with E-state index in [4.69, 9.17) is 0 Å². The summed E-state index contributed by atoms with van der Waals surface area (Å²) in [7, 11) is -0.341. The monoisotopic (exact) mass is 465 g/mol. The molecule has 32 heavy (non-hydrogen) atoms. The zero-order valence-corrected chi connectivity index (χ0v) is 19.9. The van der Waals surface area contributed by atoms with Crippen LogP contribution in [-0.2, 0) is 17.1 Å². The minimum absolute atomic E-state index is 0.110. The zero-order valence-electron chi connectivity index (χ0n) is 18.2. The molecule has 0 aliphatic carbocycles.